The van der Waals surface area contributed by atoms with Crippen LogP contribution in [0.15, 0.2) is 90.1 Å². The summed E-state index contributed by atoms with van der Waals surface area (Å²) in [6, 6.07) is 12.7. The standard InChI is InChI=1S/C30H44O2.C12H14N2/c1-18(19-14-21(27(2,3)4)25(31)22(15-19)28(5,6)7)20-16-23(29(8,9)10)26(32)24(17-20)30(11,12)13;1-13-7-3-11(4-8-13)12-5-9-14(2)10-6-12/h14-17,31H,1-13H3;3-10H,1-2H3/q;+2. The Balaban J connectivity index is 0.000000339. The summed E-state index contributed by atoms with van der Waals surface area (Å²) in [6.07, 6.45) is 12.4. The largest absolute Gasteiger partial charge is 0.507 e. The van der Waals surface area contributed by atoms with Crippen molar-refractivity contribution in [1.82, 2.24) is 0 Å². The number of aryl methyl sites for hydroxylation is 2. The molecule has 3 aromatic rings. The lowest BCUT2D eigenvalue weighted by Gasteiger charge is -2.32. The molecule has 46 heavy (non-hydrogen) atoms. The summed E-state index contributed by atoms with van der Waals surface area (Å²) in [5, 5.41) is 11.1. The molecule has 1 N–H and O–H groups in total. The van der Waals surface area contributed by atoms with Gasteiger partial charge in [0.15, 0.2) is 30.6 Å². The summed E-state index contributed by atoms with van der Waals surface area (Å²) in [5.74, 6) is 0.542. The van der Waals surface area contributed by atoms with Gasteiger partial charge >= 0.3 is 0 Å². The normalized spacial score (nSPS) is 14.3. The smallest absolute Gasteiger partial charge is 0.186 e. The molecule has 4 nitrogen and oxygen atoms in total. The van der Waals surface area contributed by atoms with E-state index in [1.165, 1.54) is 11.1 Å². The number of carbonyl (C=O) groups excluding carboxylic acids is 1. The molecule has 2 aromatic heterocycles. The molecule has 0 saturated carbocycles. The Morgan fingerprint density at radius 2 is 0.913 bits per heavy atom. The van der Waals surface area contributed by atoms with Crippen molar-refractivity contribution in [3.63, 3.8) is 0 Å². The highest BCUT2D eigenvalue weighted by atomic mass is 16.3. The van der Waals surface area contributed by atoms with Crippen LogP contribution in [-0.2, 0) is 29.7 Å². The van der Waals surface area contributed by atoms with Crippen molar-refractivity contribution in [2.75, 3.05) is 0 Å². The lowest BCUT2D eigenvalue weighted by molar-refractivity contribution is -0.671. The third kappa shape index (κ3) is 8.72. The summed E-state index contributed by atoms with van der Waals surface area (Å²) in [6.45, 7) is 27.5. The molecule has 0 unspecified atom stereocenters. The first-order valence-corrected chi connectivity index (χ1v) is 16.4. The van der Waals surface area contributed by atoms with Gasteiger partial charge in [-0.25, -0.2) is 9.13 Å². The van der Waals surface area contributed by atoms with Crippen LogP contribution in [0.25, 0.3) is 16.7 Å². The number of hydrogen-bond donors (Lipinski definition) is 1. The molecule has 1 aromatic carbocycles. The highest BCUT2D eigenvalue weighted by Crippen LogP contribution is 2.44. The molecule has 0 bridgehead atoms. The molecule has 1 aliphatic rings. The number of carbonyl (C=O) groups is 1. The molecular formula is C42H58N2O2+2. The number of nitrogens with zero attached hydrogens (tertiary/aromatic N) is 2. The lowest BCUT2D eigenvalue weighted by atomic mass is 9.71. The maximum Gasteiger partial charge on any atom is 0.186 e. The number of aromatic nitrogens is 2. The van der Waals surface area contributed by atoms with Crippen LogP contribution in [0.4, 0.5) is 0 Å². The van der Waals surface area contributed by atoms with Crippen molar-refractivity contribution in [3.05, 3.63) is 107 Å². The summed E-state index contributed by atoms with van der Waals surface area (Å²) in [4.78, 5) is 13.3. The highest BCUT2D eigenvalue weighted by molar-refractivity contribution is 6.12. The molecular weight excluding hydrogens is 564 g/mol. The molecule has 246 valence electrons. The number of phenols is 1. The summed E-state index contributed by atoms with van der Waals surface area (Å²) >= 11 is 0. The number of rotatable bonds is 2. The topological polar surface area (TPSA) is 45.1 Å². The van der Waals surface area contributed by atoms with Gasteiger partial charge in [0.05, 0.1) is 0 Å². The van der Waals surface area contributed by atoms with Gasteiger partial charge in [0, 0.05) is 46.5 Å². The van der Waals surface area contributed by atoms with E-state index in [1.807, 2.05) is 23.2 Å². The average Bonchev–Trinajstić information content (AvgIpc) is 2.91. The van der Waals surface area contributed by atoms with Gasteiger partial charge in [-0.1, -0.05) is 83.1 Å². The molecule has 1 aliphatic carbocycles. The van der Waals surface area contributed by atoms with Crippen LogP contribution in [0.2, 0.25) is 0 Å². The second kappa shape index (κ2) is 13.1. The Morgan fingerprint density at radius 1 is 0.587 bits per heavy atom. The molecule has 0 spiro atoms. The zero-order valence-electron chi connectivity index (χ0n) is 31.2. The second-order valence-electron chi connectivity index (χ2n) is 17.0. The van der Waals surface area contributed by atoms with Crippen LogP contribution in [0, 0.1) is 10.8 Å². The monoisotopic (exact) mass is 622 g/mol. The van der Waals surface area contributed by atoms with Gasteiger partial charge in [0.1, 0.15) is 19.8 Å². The Hall–Kier alpha value is -3.79. The molecule has 0 fully saturated rings. The van der Waals surface area contributed by atoms with E-state index in [0.29, 0.717) is 5.75 Å². The number of allylic oxidation sites excluding steroid dienone is 6. The first-order chi connectivity index (χ1) is 20.9. The molecule has 0 atom stereocenters. The highest BCUT2D eigenvalue weighted by Gasteiger charge is 2.35. The van der Waals surface area contributed by atoms with Crippen molar-refractivity contribution >= 4 is 11.4 Å². The van der Waals surface area contributed by atoms with E-state index in [9.17, 15) is 9.90 Å². The number of benzene rings is 1. The van der Waals surface area contributed by atoms with E-state index >= 15 is 0 Å². The predicted octanol–water partition coefficient (Wildman–Crippen LogP) is 9.29. The number of phenolic OH excluding ortho intramolecular Hbond substituents is 1. The average molecular weight is 623 g/mol. The van der Waals surface area contributed by atoms with E-state index in [0.717, 1.165) is 39.0 Å². The predicted molar refractivity (Wildman–Crippen MR) is 192 cm³/mol. The number of hydrogen-bond acceptors (Lipinski definition) is 2. The fraction of sp³-hybridized carbons (Fsp3) is 0.452. The van der Waals surface area contributed by atoms with Crippen LogP contribution in [0.3, 0.4) is 0 Å². The molecule has 0 aliphatic heterocycles. The molecule has 4 rings (SSSR count). The zero-order chi connectivity index (χ0) is 35.0. The van der Waals surface area contributed by atoms with Gasteiger partial charge < -0.3 is 5.11 Å². The van der Waals surface area contributed by atoms with E-state index in [2.05, 4.69) is 163 Å². The molecule has 0 amide bonds. The van der Waals surface area contributed by atoms with Crippen LogP contribution < -0.4 is 9.13 Å². The molecule has 2 heterocycles. The van der Waals surface area contributed by atoms with Gasteiger partial charge in [-0.3, -0.25) is 4.79 Å². The third-order valence-electron chi connectivity index (χ3n) is 8.59. The Kier molecular flexibility index (Phi) is 10.5. The van der Waals surface area contributed by atoms with Crippen molar-refractivity contribution in [1.29, 1.82) is 0 Å². The van der Waals surface area contributed by atoms with Gasteiger partial charge in [-0.2, -0.15) is 0 Å². The second-order valence-corrected chi connectivity index (χ2v) is 17.0. The SMILES string of the molecule is CC(=C1C=C(C(C)(C)C)C(=O)C(C(C)(C)C)=C1)c1cc(C(C)(C)C)c(O)c(C(C)(C)C)c1.C[n+]1ccc(-c2cc[n+](C)cc2)cc1. The van der Waals surface area contributed by atoms with E-state index in [4.69, 9.17) is 0 Å². The van der Waals surface area contributed by atoms with Crippen LogP contribution >= 0.6 is 0 Å². The van der Waals surface area contributed by atoms with Gasteiger partial charge in [-0.15, -0.1) is 0 Å². The number of ketones is 1. The fourth-order valence-electron chi connectivity index (χ4n) is 5.51. The molecule has 4 heteroatoms. The fourth-order valence-corrected chi connectivity index (χ4v) is 5.51. The maximum atomic E-state index is 13.3. The zero-order valence-corrected chi connectivity index (χ0v) is 31.2. The van der Waals surface area contributed by atoms with Crippen molar-refractivity contribution in [2.45, 2.75) is 101 Å². The first kappa shape index (κ1) is 36.7. The van der Waals surface area contributed by atoms with E-state index in [-0.39, 0.29) is 27.4 Å². The molecule has 0 saturated heterocycles. The Bertz CT molecular complexity index is 1560. The van der Waals surface area contributed by atoms with E-state index in [1.54, 1.807) is 0 Å². The number of pyridine rings is 2. The van der Waals surface area contributed by atoms with Gasteiger partial charge in [0.2, 0.25) is 0 Å². The van der Waals surface area contributed by atoms with Crippen molar-refractivity contribution in [3.8, 4) is 16.9 Å². The number of aromatic hydroxyl groups is 1. The van der Waals surface area contributed by atoms with Crippen LogP contribution in [0.5, 0.6) is 5.75 Å². The van der Waals surface area contributed by atoms with Crippen molar-refractivity contribution in [2.24, 2.45) is 24.9 Å². The van der Waals surface area contributed by atoms with Gasteiger partial charge in [0.25, 0.3) is 0 Å². The molecule has 0 radical (unpaired) electrons. The minimum Gasteiger partial charge on any atom is -0.507 e. The minimum absolute atomic E-state index is 0.151. The summed E-state index contributed by atoms with van der Waals surface area (Å²) in [7, 11) is 4.05. The Labute approximate surface area is 279 Å². The van der Waals surface area contributed by atoms with Crippen LogP contribution in [-0.4, -0.2) is 10.9 Å². The Morgan fingerprint density at radius 3 is 1.20 bits per heavy atom. The third-order valence-corrected chi connectivity index (χ3v) is 8.59. The summed E-state index contributed by atoms with van der Waals surface area (Å²) in [5.41, 5.74) is 8.54. The van der Waals surface area contributed by atoms with Gasteiger partial charge in [-0.05, 0) is 80.7 Å². The first-order valence-electron chi connectivity index (χ1n) is 16.4. The quantitative estimate of drug-likeness (QED) is 0.290. The van der Waals surface area contributed by atoms with Crippen LogP contribution in [0.1, 0.15) is 107 Å². The summed E-state index contributed by atoms with van der Waals surface area (Å²) < 4.78 is 4.07. The number of Topliss-reactive ketones (excluding diaryl/α,β-unsaturated/α-hetero) is 1. The van der Waals surface area contributed by atoms with E-state index < -0.39 is 0 Å². The van der Waals surface area contributed by atoms with Crippen molar-refractivity contribution < 1.29 is 19.0 Å². The lowest BCUT2D eigenvalue weighted by Crippen LogP contribution is -2.28. The minimum atomic E-state index is -0.241. The maximum absolute atomic E-state index is 13.3.